The van der Waals surface area contributed by atoms with E-state index in [1.54, 1.807) is 49.4 Å². The standard InChI is InChI=1S/C31H36FN3O5S/c1-23(31(37)33-25-13-5-3-6-14-25)34(21-24-12-11-15-26(20-24)40-2)30(36)22-35(29-19-10-9-18-28(29)32)41(38,39)27-16-7-4-8-17-27/h4,7-12,15-20,23,25H,3,5-6,13-14,21-22H2,1-2H3,(H,33,37)/t23-/m0/s1. The van der Waals surface area contributed by atoms with Crippen LogP contribution in [0.4, 0.5) is 10.1 Å². The smallest absolute Gasteiger partial charge is 0.264 e. The van der Waals surface area contributed by atoms with E-state index in [1.807, 2.05) is 0 Å². The van der Waals surface area contributed by atoms with Crippen molar-refractivity contribution in [3.63, 3.8) is 0 Å². The highest BCUT2D eigenvalue weighted by molar-refractivity contribution is 7.92. The molecule has 1 fully saturated rings. The first-order valence-corrected chi connectivity index (χ1v) is 15.2. The summed E-state index contributed by atoms with van der Waals surface area (Å²) < 4.78 is 48.6. The Bertz CT molecular complexity index is 1440. The van der Waals surface area contributed by atoms with Gasteiger partial charge in [-0.05, 0) is 61.7 Å². The van der Waals surface area contributed by atoms with Crippen LogP contribution in [0.2, 0.25) is 0 Å². The van der Waals surface area contributed by atoms with Gasteiger partial charge in [0, 0.05) is 12.6 Å². The van der Waals surface area contributed by atoms with E-state index >= 15 is 4.39 Å². The molecule has 1 atom stereocenters. The highest BCUT2D eigenvalue weighted by Gasteiger charge is 2.34. The molecule has 2 amide bonds. The zero-order valence-electron chi connectivity index (χ0n) is 23.3. The van der Waals surface area contributed by atoms with Gasteiger partial charge in [0.05, 0.1) is 17.7 Å². The first kappa shape index (κ1) is 30.0. The summed E-state index contributed by atoms with van der Waals surface area (Å²) in [5, 5.41) is 3.06. The number of anilines is 1. The number of carbonyl (C=O) groups is 2. The second-order valence-corrected chi connectivity index (χ2v) is 12.0. The minimum atomic E-state index is -4.33. The summed E-state index contributed by atoms with van der Waals surface area (Å²) in [6, 6.07) is 19.2. The van der Waals surface area contributed by atoms with Crippen LogP contribution in [0.25, 0.3) is 0 Å². The van der Waals surface area contributed by atoms with E-state index in [4.69, 9.17) is 4.74 Å². The molecule has 3 aromatic carbocycles. The van der Waals surface area contributed by atoms with Gasteiger partial charge in [-0.15, -0.1) is 0 Å². The largest absolute Gasteiger partial charge is 0.497 e. The number of carbonyl (C=O) groups excluding carboxylic acids is 2. The molecule has 0 aromatic heterocycles. The molecule has 218 valence electrons. The lowest BCUT2D eigenvalue weighted by Crippen LogP contribution is -2.53. The molecular formula is C31H36FN3O5S. The maximum Gasteiger partial charge on any atom is 0.264 e. The van der Waals surface area contributed by atoms with Crippen molar-refractivity contribution in [2.24, 2.45) is 0 Å². The quantitative estimate of drug-likeness (QED) is 0.348. The SMILES string of the molecule is COc1cccc(CN(C(=O)CN(c2ccccc2F)S(=O)(=O)c2ccccc2)[C@@H](C)C(=O)NC2CCCCC2)c1. The molecule has 0 unspecified atom stereocenters. The predicted octanol–water partition coefficient (Wildman–Crippen LogP) is 4.90. The van der Waals surface area contributed by atoms with Crippen molar-refractivity contribution in [2.45, 2.75) is 62.6 Å². The molecule has 1 aliphatic rings. The molecule has 8 nitrogen and oxygen atoms in total. The summed E-state index contributed by atoms with van der Waals surface area (Å²) in [4.78, 5) is 28.6. The Labute approximate surface area is 241 Å². The van der Waals surface area contributed by atoms with Crippen molar-refractivity contribution in [1.29, 1.82) is 0 Å². The number of sulfonamides is 1. The molecule has 1 N–H and O–H groups in total. The molecule has 0 aliphatic heterocycles. The topological polar surface area (TPSA) is 96.0 Å². The number of amides is 2. The Balaban J connectivity index is 1.68. The average Bonchev–Trinajstić information content (AvgIpc) is 2.99. The van der Waals surface area contributed by atoms with E-state index in [1.165, 1.54) is 42.3 Å². The Morgan fingerprint density at radius 1 is 0.976 bits per heavy atom. The number of rotatable bonds is 11. The van der Waals surface area contributed by atoms with Gasteiger partial charge in [-0.1, -0.05) is 61.7 Å². The van der Waals surface area contributed by atoms with Gasteiger partial charge in [0.2, 0.25) is 11.8 Å². The summed E-state index contributed by atoms with van der Waals surface area (Å²) in [6.45, 7) is 0.935. The zero-order valence-corrected chi connectivity index (χ0v) is 24.1. The summed E-state index contributed by atoms with van der Waals surface area (Å²) in [5.41, 5.74) is 0.434. The lowest BCUT2D eigenvalue weighted by Gasteiger charge is -2.33. The summed E-state index contributed by atoms with van der Waals surface area (Å²) in [5.74, 6) is -1.19. The molecule has 41 heavy (non-hydrogen) atoms. The van der Waals surface area contributed by atoms with E-state index in [2.05, 4.69) is 5.32 Å². The first-order chi connectivity index (χ1) is 19.7. The fourth-order valence-electron chi connectivity index (χ4n) is 5.01. The van der Waals surface area contributed by atoms with Gasteiger partial charge in [0.25, 0.3) is 10.0 Å². The Morgan fingerprint density at radius 3 is 2.34 bits per heavy atom. The summed E-state index contributed by atoms with van der Waals surface area (Å²) in [6.07, 6.45) is 4.93. The number of benzene rings is 3. The normalized spacial score (nSPS) is 14.6. The molecule has 0 heterocycles. The number of hydrogen-bond donors (Lipinski definition) is 1. The van der Waals surface area contributed by atoms with Crippen molar-refractivity contribution in [3.8, 4) is 5.75 Å². The van der Waals surface area contributed by atoms with E-state index in [0.29, 0.717) is 11.3 Å². The van der Waals surface area contributed by atoms with Gasteiger partial charge < -0.3 is 15.0 Å². The second kappa shape index (κ2) is 13.6. The number of ether oxygens (including phenoxy) is 1. The highest BCUT2D eigenvalue weighted by Crippen LogP contribution is 2.27. The Morgan fingerprint density at radius 2 is 1.66 bits per heavy atom. The van der Waals surface area contributed by atoms with Crippen molar-refractivity contribution < 1.29 is 27.1 Å². The highest BCUT2D eigenvalue weighted by atomic mass is 32.2. The molecule has 0 spiro atoms. The number of para-hydroxylation sites is 1. The molecule has 0 bridgehead atoms. The third-order valence-corrected chi connectivity index (χ3v) is 9.11. The predicted molar refractivity (Wildman–Crippen MR) is 155 cm³/mol. The van der Waals surface area contributed by atoms with Crippen molar-refractivity contribution in [3.05, 3.63) is 90.2 Å². The second-order valence-electron chi connectivity index (χ2n) is 10.2. The van der Waals surface area contributed by atoms with Crippen LogP contribution in [0.15, 0.2) is 83.8 Å². The van der Waals surface area contributed by atoms with Crippen LogP contribution in [0.1, 0.15) is 44.6 Å². The average molecular weight is 582 g/mol. The maximum atomic E-state index is 15.0. The number of nitrogens with one attached hydrogen (secondary N) is 1. The molecule has 0 radical (unpaired) electrons. The fourth-order valence-corrected chi connectivity index (χ4v) is 6.45. The molecular weight excluding hydrogens is 545 g/mol. The van der Waals surface area contributed by atoms with E-state index in [-0.39, 0.29) is 29.1 Å². The minimum Gasteiger partial charge on any atom is -0.497 e. The van der Waals surface area contributed by atoms with Gasteiger partial charge >= 0.3 is 0 Å². The molecule has 3 aromatic rings. The van der Waals surface area contributed by atoms with E-state index < -0.39 is 34.3 Å². The zero-order chi connectivity index (χ0) is 29.4. The lowest BCUT2D eigenvalue weighted by atomic mass is 9.95. The van der Waals surface area contributed by atoms with Crippen LogP contribution in [0.3, 0.4) is 0 Å². The molecule has 1 saturated carbocycles. The van der Waals surface area contributed by atoms with Crippen molar-refractivity contribution >= 4 is 27.5 Å². The summed E-state index contributed by atoms with van der Waals surface area (Å²) >= 11 is 0. The van der Waals surface area contributed by atoms with Crippen LogP contribution in [-0.2, 0) is 26.2 Å². The van der Waals surface area contributed by atoms with Gasteiger partial charge in [-0.2, -0.15) is 0 Å². The number of hydrogen-bond acceptors (Lipinski definition) is 5. The monoisotopic (exact) mass is 581 g/mol. The van der Waals surface area contributed by atoms with Gasteiger partial charge in [0.15, 0.2) is 0 Å². The molecule has 0 saturated heterocycles. The minimum absolute atomic E-state index is 0.0196. The van der Waals surface area contributed by atoms with Gasteiger partial charge in [-0.3, -0.25) is 13.9 Å². The van der Waals surface area contributed by atoms with E-state index in [0.717, 1.165) is 42.5 Å². The van der Waals surface area contributed by atoms with Crippen molar-refractivity contribution in [1.82, 2.24) is 10.2 Å². The van der Waals surface area contributed by atoms with E-state index in [9.17, 15) is 18.0 Å². The van der Waals surface area contributed by atoms with Crippen LogP contribution in [0, 0.1) is 5.82 Å². The number of nitrogens with zero attached hydrogens (tertiary/aromatic N) is 2. The van der Waals surface area contributed by atoms with Gasteiger partial charge in [-0.25, -0.2) is 12.8 Å². The number of halogens is 1. The fraction of sp³-hybridized carbons (Fsp3) is 0.355. The van der Waals surface area contributed by atoms with Crippen LogP contribution in [-0.4, -0.2) is 50.9 Å². The maximum absolute atomic E-state index is 15.0. The van der Waals surface area contributed by atoms with Gasteiger partial charge in [0.1, 0.15) is 24.2 Å². The molecule has 10 heteroatoms. The van der Waals surface area contributed by atoms with Crippen LogP contribution < -0.4 is 14.4 Å². The number of methoxy groups -OCH3 is 1. The molecule has 1 aliphatic carbocycles. The first-order valence-electron chi connectivity index (χ1n) is 13.8. The third kappa shape index (κ3) is 7.43. The van der Waals surface area contributed by atoms with Crippen molar-refractivity contribution in [2.75, 3.05) is 18.0 Å². The third-order valence-electron chi connectivity index (χ3n) is 7.34. The lowest BCUT2D eigenvalue weighted by molar-refractivity contribution is -0.139. The Hall–Kier alpha value is -3.92. The molecule has 4 rings (SSSR count). The Kier molecular flexibility index (Phi) is 9.99. The van der Waals surface area contributed by atoms with Crippen LogP contribution >= 0.6 is 0 Å². The van der Waals surface area contributed by atoms with Crippen LogP contribution in [0.5, 0.6) is 5.75 Å². The summed E-state index contributed by atoms with van der Waals surface area (Å²) in [7, 11) is -2.80.